The zero-order chi connectivity index (χ0) is 23.4. The second kappa shape index (κ2) is 9.76. The fourth-order valence-corrected chi connectivity index (χ4v) is 3.88. The number of amides is 1. The molecule has 8 heteroatoms. The van der Waals surface area contributed by atoms with Gasteiger partial charge in [-0.25, -0.2) is 9.97 Å². The van der Waals surface area contributed by atoms with Crippen LogP contribution in [0.5, 0.6) is 11.5 Å². The average molecular weight is 447 g/mol. The number of methoxy groups -OCH3 is 1. The monoisotopic (exact) mass is 446 g/mol. The molecule has 170 valence electrons. The van der Waals surface area contributed by atoms with Crippen molar-refractivity contribution < 1.29 is 19.4 Å². The second-order valence-electron chi connectivity index (χ2n) is 7.91. The van der Waals surface area contributed by atoms with E-state index in [4.69, 9.17) is 15.9 Å². The van der Waals surface area contributed by atoms with Crippen LogP contribution in [-0.2, 0) is 4.79 Å². The molecule has 1 aliphatic rings. The maximum Gasteiger partial charge on any atom is 0.251 e. The molecule has 0 saturated carbocycles. The second-order valence-corrected chi connectivity index (χ2v) is 7.91. The predicted molar refractivity (Wildman–Crippen MR) is 126 cm³/mol. The van der Waals surface area contributed by atoms with Gasteiger partial charge in [-0.1, -0.05) is 12.0 Å². The number of hydrogen-bond acceptors (Lipinski definition) is 7. The summed E-state index contributed by atoms with van der Waals surface area (Å²) >= 11 is 0. The Labute approximate surface area is 192 Å². The van der Waals surface area contributed by atoms with Crippen LogP contribution in [0.1, 0.15) is 25.3 Å². The van der Waals surface area contributed by atoms with E-state index in [2.05, 4.69) is 21.2 Å². The summed E-state index contributed by atoms with van der Waals surface area (Å²) < 4.78 is 11.8. The highest BCUT2D eigenvalue weighted by Gasteiger charge is 2.27. The normalized spacial score (nSPS) is 15.0. The summed E-state index contributed by atoms with van der Waals surface area (Å²) in [5.74, 6) is 4.16. The number of aromatic nitrogens is 2. The molecule has 8 nitrogen and oxygen atoms in total. The van der Waals surface area contributed by atoms with Crippen LogP contribution in [0, 0.1) is 12.3 Å². The smallest absolute Gasteiger partial charge is 0.251 e. The summed E-state index contributed by atoms with van der Waals surface area (Å²) in [6.45, 7) is 2.57. The molecule has 2 heterocycles. The van der Waals surface area contributed by atoms with Crippen molar-refractivity contribution in [2.24, 2.45) is 0 Å². The van der Waals surface area contributed by atoms with Crippen molar-refractivity contribution in [2.45, 2.75) is 32.0 Å². The number of nitrogens with one attached hydrogen (secondary N) is 1. The summed E-state index contributed by atoms with van der Waals surface area (Å²) in [4.78, 5) is 22.5. The molecule has 1 aliphatic heterocycles. The van der Waals surface area contributed by atoms with Gasteiger partial charge in [0.2, 0.25) is 0 Å². The fraction of sp³-hybridized carbons (Fsp3) is 0.320. The number of fused-ring (bicyclic) bond motifs is 1. The minimum atomic E-state index is -0.986. The summed E-state index contributed by atoms with van der Waals surface area (Å²) in [6, 6.07) is 11.2. The van der Waals surface area contributed by atoms with E-state index in [1.165, 1.54) is 13.3 Å². The van der Waals surface area contributed by atoms with Crippen LogP contribution in [0.3, 0.4) is 0 Å². The molecule has 1 atom stereocenters. The molecule has 2 aromatic carbocycles. The van der Waals surface area contributed by atoms with Gasteiger partial charge in [0.15, 0.2) is 11.5 Å². The van der Waals surface area contributed by atoms with Crippen molar-refractivity contribution >= 4 is 28.3 Å². The van der Waals surface area contributed by atoms with Crippen molar-refractivity contribution in [1.82, 2.24) is 14.9 Å². The molecule has 1 aromatic heterocycles. The number of rotatable bonds is 6. The van der Waals surface area contributed by atoms with Crippen LogP contribution >= 0.6 is 0 Å². The lowest BCUT2D eigenvalue weighted by Crippen LogP contribution is -2.45. The van der Waals surface area contributed by atoms with Crippen molar-refractivity contribution in [2.75, 3.05) is 25.5 Å². The third-order valence-corrected chi connectivity index (χ3v) is 5.62. The van der Waals surface area contributed by atoms with Gasteiger partial charge >= 0.3 is 0 Å². The van der Waals surface area contributed by atoms with Crippen LogP contribution in [0.4, 0.5) is 11.5 Å². The lowest BCUT2D eigenvalue weighted by molar-refractivity contribution is -0.141. The third-order valence-electron chi connectivity index (χ3n) is 5.62. The van der Waals surface area contributed by atoms with Crippen molar-refractivity contribution in [3.63, 3.8) is 0 Å². The Balaban J connectivity index is 1.55. The van der Waals surface area contributed by atoms with Gasteiger partial charge in [0, 0.05) is 48.6 Å². The van der Waals surface area contributed by atoms with Gasteiger partial charge in [0.25, 0.3) is 5.91 Å². The number of aliphatic hydroxyl groups excluding tert-OH is 1. The first-order valence-corrected chi connectivity index (χ1v) is 10.8. The number of benzene rings is 2. The van der Waals surface area contributed by atoms with Crippen LogP contribution < -0.4 is 14.8 Å². The molecular weight excluding hydrogens is 420 g/mol. The van der Waals surface area contributed by atoms with Crippen molar-refractivity contribution in [3.05, 3.63) is 48.3 Å². The van der Waals surface area contributed by atoms with Crippen LogP contribution in [0.15, 0.2) is 42.7 Å². The Hall–Kier alpha value is -3.83. The summed E-state index contributed by atoms with van der Waals surface area (Å²) in [5, 5.41) is 13.6. The average Bonchev–Trinajstić information content (AvgIpc) is 2.84. The number of ether oxygens (including phenoxy) is 2. The van der Waals surface area contributed by atoms with Gasteiger partial charge in [-0.3, -0.25) is 4.79 Å². The maximum atomic E-state index is 12.0. The number of hydrogen-bond donors (Lipinski definition) is 2. The Morgan fingerprint density at radius 1 is 1.24 bits per heavy atom. The SMILES string of the molecule is C#Cc1cccc(Nc2ncnc3cc(OC4CCN(C(=O)[C@H](C)O)CC4)c(OC)cc23)c1. The Kier molecular flexibility index (Phi) is 6.61. The van der Waals surface area contributed by atoms with E-state index in [1.807, 2.05) is 36.4 Å². The molecular formula is C25H26N4O4. The molecule has 0 radical (unpaired) electrons. The maximum absolute atomic E-state index is 12.0. The minimum Gasteiger partial charge on any atom is -0.493 e. The van der Waals surface area contributed by atoms with Crippen LogP contribution in [0.25, 0.3) is 10.9 Å². The molecule has 1 saturated heterocycles. The standard InChI is InChI=1S/C25H26N4O4/c1-4-17-6-5-7-18(12-17)28-24-20-13-22(32-3)23(14-21(20)26-15-27-24)33-19-8-10-29(11-9-19)25(31)16(2)30/h1,5-7,12-16,19,30H,8-11H2,2-3H3,(H,26,27,28)/t16-/m0/s1. The quantitative estimate of drug-likeness (QED) is 0.562. The van der Waals surface area contributed by atoms with E-state index in [0.717, 1.165) is 16.6 Å². The fourth-order valence-electron chi connectivity index (χ4n) is 3.88. The lowest BCUT2D eigenvalue weighted by atomic mass is 10.1. The molecule has 2 N–H and O–H groups in total. The Morgan fingerprint density at radius 2 is 2.03 bits per heavy atom. The van der Waals surface area contributed by atoms with Gasteiger partial charge in [-0.15, -0.1) is 6.42 Å². The zero-order valence-electron chi connectivity index (χ0n) is 18.6. The van der Waals surface area contributed by atoms with E-state index in [0.29, 0.717) is 48.8 Å². The summed E-state index contributed by atoms with van der Waals surface area (Å²) in [6.07, 6.45) is 7.28. The highest BCUT2D eigenvalue weighted by atomic mass is 16.5. The number of nitrogens with zero attached hydrogens (tertiary/aromatic N) is 3. The molecule has 0 bridgehead atoms. The van der Waals surface area contributed by atoms with E-state index in [1.54, 1.807) is 12.0 Å². The molecule has 1 fully saturated rings. The van der Waals surface area contributed by atoms with Gasteiger partial charge in [0.1, 0.15) is 24.4 Å². The first-order valence-electron chi connectivity index (χ1n) is 10.8. The van der Waals surface area contributed by atoms with Crippen molar-refractivity contribution in [1.29, 1.82) is 0 Å². The number of terminal acetylenes is 1. The van der Waals surface area contributed by atoms with Crippen LogP contribution in [-0.4, -0.2) is 58.3 Å². The molecule has 0 unspecified atom stereocenters. The molecule has 1 amide bonds. The summed E-state index contributed by atoms with van der Waals surface area (Å²) in [5.41, 5.74) is 2.30. The molecule has 33 heavy (non-hydrogen) atoms. The molecule has 0 aliphatic carbocycles. The first kappa shape index (κ1) is 22.4. The molecule has 4 rings (SSSR count). The molecule has 3 aromatic rings. The third kappa shape index (κ3) is 4.99. The Bertz CT molecular complexity index is 1200. The summed E-state index contributed by atoms with van der Waals surface area (Å²) in [7, 11) is 1.59. The number of carbonyl (C=O) groups is 1. The van der Waals surface area contributed by atoms with E-state index in [-0.39, 0.29) is 12.0 Å². The van der Waals surface area contributed by atoms with Gasteiger partial charge in [-0.05, 0) is 31.2 Å². The first-order chi connectivity index (χ1) is 16.0. The highest BCUT2D eigenvalue weighted by Crippen LogP contribution is 2.36. The van der Waals surface area contributed by atoms with E-state index >= 15 is 0 Å². The van der Waals surface area contributed by atoms with E-state index in [9.17, 15) is 9.90 Å². The lowest BCUT2D eigenvalue weighted by Gasteiger charge is -2.33. The zero-order valence-corrected chi connectivity index (χ0v) is 18.6. The molecule has 0 spiro atoms. The van der Waals surface area contributed by atoms with Crippen LogP contribution in [0.2, 0.25) is 0 Å². The predicted octanol–water partition coefficient (Wildman–Crippen LogP) is 3.11. The highest BCUT2D eigenvalue weighted by molar-refractivity contribution is 5.93. The van der Waals surface area contributed by atoms with Gasteiger partial charge in [-0.2, -0.15) is 0 Å². The van der Waals surface area contributed by atoms with Gasteiger partial charge in [0.05, 0.1) is 12.6 Å². The number of anilines is 2. The number of carbonyl (C=O) groups excluding carboxylic acids is 1. The minimum absolute atomic E-state index is 0.0691. The Morgan fingerprint density at radius 3 is 2.73 bits per heavy atom. The number of piperidine rings is 1. The van der Waals surface area contributed by atoms with Crippen molar-refractivity contribution in [3.8, 4) is 23.8 Å². The number of aliphatic hydroxyl groups is 1. The largest absolute Gasteiger partial charge is 0.493 e. The topological polar surface area (TPSA) is 96.8 Å². The van der Waals surface area contributed by atoms with E-state index < -0.39 is 6.10 Å². The van der Waals surface area contributed by atoms with Gasteiger partial charge < -0.3 is 24.8 Å². The number of likely N-dealkylation sites (tertiary alicyclic amines) is 1.